The number of hydrogen-bond acceptors (Lipinski definition) is 4. The fraction of sp³-hybridized carbons (Fsp3) is 1.00. The Kier molecular flexibility index (Phi) is 7.62. The van der Waals surface area contributed by atoms with Gasteiger partial charge in [-0.1, -0.05) is 0 Å². The fourth-order valence-corrected chi connectivity index (χ4v) is 14.6. The first kappa shape index (κ1) is 19.9. The molecule has 2 radical (unpaired) electrons. The van der Waals surface area contributed by atoms with Crippen molar-refractivity contribution in [3.63, 3.8) is 0 Å². The molecule has 0 amide bonds. The van der Waals surface area contributed by atoms with Crippen molar-refractivity contribution in [3.8, 4) is 0 Å². The van der Waals surface area contributed by atoms with Gasteiger partial charge in [-0.25, -0.2) is 0 Å². The Labute approximate surface area is 126 Å². The van der Waals surface area contributed by atoms with Gasteiger partial charge in [0.15, 0.2) is 34.7 Å². The van der Waals surface area contributed by atoms with E-state index in [0.717, 1.165) is 0 Å². The molecule has 0 heterocycles. The second-order valence-corrected chi connectivity index (χ2v) is 23.3. The molecule has 0 atom stereocenters. The molecule has 0 aromatic rings. The van der Waals surface area contributed by atoms with Crippen LogP contribution >= 0.6 is 0 Å². The molecule has 0 rings (SSSR count). The standard InChI is InChI=1S/C10H30O4Si5/c1-15(2)11-19(12-16(3)4,13-17(5,6)7)14-18(8,9)10/h1-10H3. The molecule has 4 nitrogen and oxygen atoms in total. The zero-order valence-corrected chi connectivity index (χ0v) is 19.1. The van der Waals surface area contributed by atoms with E-state index in [1.807, 2.05) is 0 Å². The molecule has 0 fully saturated rings. The molecule has 0 aliphatic rings. The predicted molar refractivity (Wildman–Crippen MR) is 91.8 cm³/mol. The molecule has 0 spiro atoms. The van der Waals surface area contributed by atoms with Crippen LogP contribution in [0.5, 0.6) is 0 Å². The number of hydrogen-bond donors (Lipinski definition) is 0. The van der Waals surface area contributed by atoms with E-state index in [2.05, 4.69) is 65.5 Å². The molecule has 0 aromatic heterocycles. The average molecular weight is 355 g/mol. The van der Waals surface area contributed by atoms with Gasteiger partial charge >= 0.3 is 9.05 Å². The summed E-state index contributed by atoms with van der Waals surface area (Å²) in [5.74, 6) is 0. The molecular weight excluding hydrogens is 325 g/mol. The monoisotopic (exact) mass is 354 g/mol. The highest BCUT2D eigenvalue weighted by Crippen LogP contribution is 2.24. The van der Waals surface area contributed by atoms with Gasteiger partial charge in [0.1, 0.15) is 0 Å². The van der Waals surface area contributed by atoms with Crippen LogP contribution < -0.4 is 0 Å². The Morgan fingerprint density at radius 1 is 0.579 bits per heavy atom. The van der Waals surface area contributed by atoms with E-state index in [1.54, 1.807) is 0 Å². The summed E-state index contributed by atoms with van der Waals surface area (Å²) in [6.07, 6.45) is 0. The normalized spacial score (nSPS) is 14.5. The summed E-state index contributed by atoms with van der Waals surface area (Å²) in [4.78, 5) is 0. The molecule has 0 aromatic carbocycles. The summed E-state index contributed by atoms with van der Waals surface area (Å²) in [5, 5.41) is 0. The second-order valence-electron chi connectivity index (χ2n) is 6.95. The van der Waals surface area contributed by atoms with Gasteiger partial charge in [-0.05, 0) is 65.5 Å². The van der Waals surface area contributed by atoms with Crippen LogP contribution in [0.15, 0.2) is 0 Å². The van der Waals surface area contributed by atoms with Crippen LogP contribution in [-0.4, -0.2) is 43.8 Å². The van der Waals surface area contributed by atoms with Crippen LogP contribution in [0.3, 0.4) is 0 Å². The van der Waals surface area contributed by atoms with Crippen molar-refractivity contribution < 1.29 is 16.5 Å². The Bertz CT molecular complexity index is 244. The highest BCUT2D eigenvalue weighted by atomic mass is 28.5. The van der Waals surface area contributed by atoms with Crippen molar-refractivity contribution in [1.82, 2.24) is 0 Å². The summed E-state index contributed by atoms with van der Waals surface area (Å²) < 4.78 is 25.0. The second kappa shape index (κ2) is 7.27. The van der Waals surface area contributed by atoms with E-state index >= 15 is 0 Å². The highest BCUT2D eigenvalue weighted by molar-refractivity contribution is 6.87. The minimum Gasteiger partial charge on any atom is -0.396 e. The molecule has 0 aliphatic heterocycles. The predicted octanol–water partition coefficient (Wildman–Crippen LogP) is 3.66. The summed E-state index contributed by atoms with van der Waals surface area (Å²) >= 11 is 0. The van der Waals surface area contributed by atoms with Crippen LogP contribution in [0, 0.1) is 0 Å². The molecule has 0 bridgehead atoms. The number of rotatable bonds is 8. The largest absolute Gasteiger partial charge is 0.636 e. The third kappa shape index (κ3) is 10.3. The van der Waals surface area contributed by atoms with Gasteiger partial charge in [0.25, 0.3) is 0 Å². The molecule has 9 heteroatoms. The highest BCUT2D eigenvalue weighted by Gasteiger charge is 2.52. The average Bonchev–Trinajstić information content (AvgIpc) is 1.89. The van der Waals surface area contributed by atoms with Crippen LogP contribution in [0.4, 0.5) is 0 Å². The molecule has 19 heavy (non-hydrogen) atoms. The van der Waals surface area contributed by atoms with Gasteiger partial charge in [0.05, 0.1) is 0 Å². The van der Waals surface area contributed by atoms with E-state index in [1.165, 1.54) is 0 Å². The first-order chi connectivity index (χ1) is 8.25. The van der Waals surface area contributed by atoms with Crippen LogP contribution in [-0.2, 0) is 16.5 Å². The zero-order chi connectivity index (χ0) is 15.5. The van der Waals surface area contributed by atoms with E-state index in [9.17, 15) is 0 Å². The molecule has 0 N–H and O–H groups in total. The van der Waals surface area contributed by atoms with Crippen molar-refractivity contribution in [1.29, 1.82) is 0 Å². The first-order valence-corrected chi connectivity index (χ1v) is 19.9. The van der Waals surface area contributed by atoms with Crippen molar-refractivity contribution in [2.75, 3.05) is 0 Å². The lowest BCUT2D eigenvalue weighted by Crippen LogP contribution is -2.61. The van der Waals surface area contributed by atoms with E-state index in [-0.39, 0.29) is 0 Å². The van der Waals surface area contributed by atoms with Crippen LogP contribution in [0.2, 0.25) is 65.5 Å². The maximum atomic E-state index is 6.32. The molecular formula is C10H30O4Si5. The lowest BCUT2D eigenvalue weighted by Gasteiger charge is -2.39. The minimum atomic E-state index is -2.98. The Morgan fingerprint density at radius 2 is 0.842 bits per heavy atom. The summed E-state index contributed by atoms with van der Waals surface area (Å²) in [6, 6.07) is 0. The fourth-order valence-electron chi connectivity index (χ4n) is 1.38. The van der Waals surface area contributed by atoms with Gasteiger partial charge in [-0.3, -0.25) is 0 Å². The Morgan fingerprint density at radius 3 is 1.00 bits per heavy atom. The molecule has 114 valence electrons. The van der Waals surface area contributed by atoms with Crippen molar-refractivity contribution >= 4 is 43.8 Å². The van der Waals surface area contributed by atoms with Crippen LogP contribution in [0.1, 0.15) is 0 Å². The lowest BCUT2D eigenvalue weighted by atomic mass is 11.8. The summed E-state index contributed by atoms with van der Waals surface area (Å²) in [5.41, 5.74) is 0. The molecule has 0 saturated carbocycles. The maximum absolute atomic E-state index is 6.32. The first-order valence-electron chi connectivity index (χ1n) is 6.63. The summed E-state index contributed by atoms with van der Waals surface area (Å²) in [6.45, 7) is 21.4. The lowest BCUT2D eigenvalue weighted by molar-refractivity contribution is 0.156. The third-order valence-corrected chi connectivity index (χ3v) is 13.7. The van der Waals surface area contributed by atoms with Gasteiger partial charge < -0.3 is 16.5 Å². The Balaban J connectivity index is 5.31. The van der Waals surface area contributed by atoms with Crippen molar-refractivity contribution in [2.45, 2.75) is 65.5 Å². The van der Waals surface area contributed by atoms with Gasteiger partial charge in [0, 0.05) is 0 Å². The quantitative estimate of drug-likeness (QED) is 0.623. The topological polar surface area (TPSA) is 36.9 Å². The van der Waals surface area contributed by atoms with E-state index < -0.39 is 43.8 Å². The van der Waals surface area contributed by atoms with Crippen molar-refractivity contribution in [3.05, 3.63) is 0 Å². The van der Waals surface area contributed by atoms with Crippen molar-refractivity contribution in [2.24, 2.45) is 0 Å². The molecule has 0 aliphatic carbocycles. The minimum absolute atomic E-state index is 0.932. The van der Waals surface area contributed by atoms with Gasteiger partial charge in [0.2, 0.25) is 0 Å². The van der Waals surface area contributed by atoms with E-state index in [4.69, 9.17) is 16.5 Å². The zero-order valence-electron chi connectivity index (χ0n) is 14.1. The Hall–Kier alpha value is 0.924. The van der Waals surface area contributed by atoms with E-state index in [0.29, 0.717) is 0 Å². The van der Waals surface area contributed by atoms with Gasteiger partial charge in [-0.2, -0.15) is 0 Å². The molecule has 0 unspecified atom stereocenters. The smallest absolute Gasteiger partial charge is 0.396 e. The summed E-state index contributed by atoms with van der Waals surface area (Å²) in [7, 11) is -8.41. The SMILES string of the molecule is C[Si](C)O[Si](O[Si](C)C)(O[Si](C)(C)C)O[Si](C)(C)C. The molecule has 0 saturated heterocycles. The third-order valence-electron chi connectivity index (χ3n) is 1.52. The van der Waals surface area contributed by atoms with Crippen LogP contribution in [0.25, 0.3) is 0 Å². The van der Waals surface area contributed by atoms with Gasteiger partial charge in [-0.15, -0.1) is 0 Å². The maximum Gasteiger partial charge on any atom is 0.636 e.